The Morgan fingerprint density at radius 2 is 2.16 bits per heavy atom. The van der Waals surface area contributed by atoms with Gasteiger partial charge in [-0.05, 0) is 12.1 Å². The Kier molecular flexibility index (Phi) is 3.85. The normalized spacial score (nSPS) is 11.2. The number of hydrogen-bond donors (Lipinski definition) is 1. The van der Waals surface area contributed by atoms with Crippen LogP contribution in [0.4, 0.5) is 5.69 Å². The van der Waals surface area contributed by atoms with Gasteiger partial charge in [0.1, 0.15) is 11.7 Å². The molecule has 0 radical (unpaired) electrons. The van der Waals surface area contributed by atoms with Crippen LogP contribution in [-0.4, -0.2) is 24.9 Å². The molecule has 0 saturated carbocycles. The van der Waals surface area contributed by atoms with E-state index in [1.165, 1.54) is 11.9 Å². The molecule has 0 unspecified atom stereocenters. The van der Waals surface area contributed by atoms with Crippen LogP contribution >= 0.6 is 11.3 Å². The second kappa shape index (κ2) is 5.40. The van der Waals surface area contributed by atoms with Crippen LogP contribution in [0.1, 0.15) is 11.9 Å². The number of amides is 1. The molecule has 0 aliphatic carbocycles. The van der Waals surface area contributed by atoms with Gasteiger partial charge in [-0.3, -0.25) is 4.79 Å². The van der Waals surface area contributed by atoms with Gasteiger partial charge in [0.15, 0.2) is 0 Å². The zero-order chi connectivity index (χ0) is 14.0. The largest absolute Gasteiger partial charge is 0.383 e. The second-order valence-electron chi connectivity index (χ2n) is 4.64. The van der Waals surface area contributed by atoms with Crippen molar-refractivity contribution in [1.82, 2.24) is 4.90 Å². The smallest absolute Gasteiger partial charge is 0.263 e. The van der Waals surface area contributed by atoms with Gasteiger partial charge in [-0.25, -0.2) is 0 Å². The molecule has 1 aromatic carbocycles. The monoisotopic (exact) mass is 276 g/mol. The molecule has 0 atom stereocenters. The molecule has 0 spiro atoms. The van der Waals surface area contributed by atoms with E-state index in [-0.39, 0.29) is 5.91 Å². The Labute approximate surface area is 117 Å². The Balaban J connectivity index is 2.42. The number of carbonyl (C=O) groups excluding carboxylic acids is 1. The highest BCUT2D eigenvalue weighted by molar-refractivity contribution is 7.18. The average molecular weight is 276 g/mol. The summed E-state index contributed by atoms with van der Waals surface area (Å²) in [5.74, 6) is -0.0481. The third kappa shape index (κ3) is 3.12. The first-order valence-electron chi connectivity index (χ1n) is 6.02. The standard InChI is InChI=1S/C14H17N3OS/c1-10(18)15-11-5-6-12-13(9-11)19-14(17(12)4)7-8-16(2)3/h5-9H,1-4H3/p+1. The van der Waals surface area contributed by atoms with E-state index in [9.17, 15) is 4.79 Å². The van der Waals surface area contributed by atoms with Gasteiger partial charge in [0.05, 0.1) is 0 Å². The van der Waals surface area contributed by atoms with Gasteiger partial charge in [0, 0.05) is 45.0 Å². The molecule has 19 heavy (non-hydrogen) atoms. The van der Waals surface area contributed by atoms with Crippen LogP contribution in [0.2, 0.25) is 0 Å². The highest BCUT2D eigenvalue weighted by Gasteiger charge is 2.15. The lowest BCUT2D eigenvalue weighted by Crippen LogP contribution is -2.29. The molecule has 0 bridgehead atoms. The van der Waals surface area contributed by atoms with Crippen LogP contribution in [0.15, 0.2) is 24.4 Å². The first kappa shape index (κ1) is 13.5. The van der Waals surface area contributed by atoms with Crippen LogP contribution in [0.3, 0.4) is 0 Å². The summed E-state index contributed by atoms with van der Waals surface area (Å²) in [5, 5.41) is 3.98. The summed E-state index contributed by atoms with van der Waals surface area (Å²) in [6, 6.07) is 5.97. The van der Waals surface area contributed by atoms with E-state index in [1.54, 1.807) is 11.3 Å². The Hall–Kier alpha value is -1.88. The van der Waals surface area contributed by atoms with Crippen LogP contribution in [0, 0.1) is 0 Å². The molecule has 0 fully saturated rings. The van der Waals surface area contributed by atoms with E-state index in [2.05, 4.69) is 16.0 Å². The van der Waals surface area contributed by atoms with Crippen molar-refractivity contribution in [1.29, 1.82) is 0 Å². The molecular formula is C14H18N3OS+. The maximum Gasteiger partial charge on any atom is 0.263 e. The molecular weight excluding hydrogens is 258 g/mol. The van der Waals surface area contributed by atoms with E-state index in [4.69, 9.17) is 0 Å². The number of thiazole rings is 1. The molecule has 1 heterocycles. The molecule has 5 heteroatoms. The molecule has 0 aliphatic rings. The first-order chi connectivity index (χ1) is 8.97. The molecule has 100 valence electrons. The Morgan fingerprint density at radius 1 is 1.42 bits per heavy atom. The van der Waals surface area contributed by atoms with Crippen molar-refractivity contribution in [3.05, 3.63) is 29.4 Å². The van der Waals surface area contributed by atoms with Gasteiger partial charge in [-0.2, -0.15) is 4.57 Å². The van der Waals surface area contributed by atoms with E-state index in [0.717, 1.165) is 15.9 Å². The Bertz CT molecular complexity index is 643. The van der Waals surface area contributed by atoms with Crippen molar-refractivity contribution in [3.63, 3.8) is 0 Å². The van der Waals surface area contributed by atoms with Gasteiger partial charge in [-0.1, -0.05) is 11.3 Å². The minimum absolute atomic E-state index is 0.0481. The van der Waals surface area contributed by atoms with Gasteiger partial charge in [-0.15, -0.1) is 0 Å². The molecule has 1 amide bonds. The van der Waals surface area contributed by atoms with Crippen molar-refractivity contribution in [2.45, 2.75) is 6.92 Å². The lowest BCUT2D eigenvalue weighted by atomic mass is 10.3. The molecule has 4 nitrogen and oxygen atoms in total. The highest BCUT2D eigenvalue weighted by atomic mass is 32.1. The van der Waals surface area contributed by atoms with Crippen LogP contribution in [0.5, 0.6) is 0 Å². The SMILES string of the molecule is CC(=O)Nc1ccc2c(c1)sc(/C=C/N(C)C)[n+]2C. The summed E-state index contributed by atoms with van der Waals surface area (Å²) in [6.07, 6.45) is 4.11. The van der Waals surface area contributed by atoms with Crippen LogP contribution < -0.4 is 9.88 Å². The number of aromatic nitrogens is 1. The predicted molar refractivity (Wildman–Crippen MR) is 80.0 cm³/mol. The lowest BCUT2D eigenvalue weighted by Gasteiger charge is -2.00. The first-order valence-corrected chi connectivity index (χ1v) is 6.84. The minimum Gasteiger partial charge on any atom is -0.383 e. The summed E-state index contributed by atoms with van der Waals surface area (Å²) in [6.45, 7) is 1.52. The maximum atomic E-state index is 11.1. The van der Waals surface area contributed by atoms with Gasteiger partial charge in [0.25, 0.3) is 5.01 Å². The van der Waals surface area contributed by atoms with E-state index in [0.29, 0.717) is 0 Å². The number of rotatable bonds is 3. The fraction of sp³-hybridized carbons (Fsp3) is 0.286. The fourth-order valence-electron chi connectivity index (χ4n) is 1.81. The van der Waals surface area contributed by atoms with Crippen LogP contribution in [-0.2, 0) is 11.8 Å². The summed E-state index contributed by atoms with van der Waals surface area (Å²) in [7, 11) is 6.05. The molecule has 1 N–H and O–H groups in total. The van der Waals surface area contributed by atoms with Crippen molar-refractivity contribution in [2.24, 2.45) is 7.05 Å². The number of nitrogens with zero attached hydrogens (tertiary/aromatic N) is 2. The van der Waals surface area contributed by atoms with Crippen molar-refractivity contribution >= 4 is 39.2 Å². The Morgan fingerprint density at radius 3 is 2.79 bits per heavy atom. The van der Waals surface area contributed by atoms with Crippen molar-refractivity contribution in [3.8, 4) is 0 Å². The van der Waals surface area contributed by atoms with Gasteiger partial charge < -0.3 is 10.2 Å². The molecule has 1 aromatic heterocycles. The number of nitrogens with one attached hydrogen (secondary N) is 1. The number of anilines is 1. The number of benzene rings is 1. The predicted octanol–water partition coefficient (Wildman–Crippen LogP) is 2.22. The summed E-state index contributed by atoms with van der Waals surface area (Å²) in [5.41, 5.74) is 2.00. The summed E-state index contributed by atoms with van der Waals surface area (Å²) >= 11 is 1.71. The fourth-order valence-corrected chi connectivity index (χ4v) is 2.90. The van der Waals surface area contributed by atoms with E-state index < -0.39 is 0 Å². The summed E-state index contributed by atoms with van der Waals surface area (Å²) in [4.78, 5) is 13.1. The third-order valence-corrected chi connectivity index (χ3v) is 3.87. The molecule has 2 aromatic rings. The average Bonchev–Trinajstić information content (AvgIpc) is 2.62. The van der Waals surface area contributed by atoms with Gasteiger partial charge >= 0.3 is 0 Å². The summed E-state index contributed by atoms with van der Waals surface area (Å²) < 4.78 is 3.31. The van der Waals surface area contributed by atoms with Gasteiger partial charge in [0.2, 0.25) is 11.4 Å². The number of hydrogen-bond acceptors (Lipinski definition) is 3. The topological polar surface area (TPSA) is 36.2 Å². The zero-order valence-electron chi connectivity index (χ0n) is 11.6. The maximum absolute atomic E-state index is 11.1. The quantitative estimate of drug-likeness (QED) is 0.873. The van der Waals surface area contributed by atoms with Crippen molar-refractivity contribution < 1.29 is 9.36 Å². The van der Waals surface area contributed by atoms with Crippen molar-refractivity contribution in [2.75, 3.05) is 19.4 Å². The number of aryl methyl sites for hydroxylation is 1. The molecule has 0 saturated heterocycles. The number of carbonyl (C=O) groups is 1. The lowest BCUT2D eigenvalue weighted by molar-refractivity contribution is -0.642. The second-order valence-corrected chi connectivity index (χ2v) is 5.70. The molecule has 2 rings (SSSR count). The van der Waals surface area contributed by atoms with E-state index in [1.807, 2.05) is 50.4 Å². The van der Waals surface area contributed by atoms with Crippen LogP contribution in [0.25, 0.3) is 16.3 Å². The molecule has 0 aliphatic heterocycles. The third-order valence-electron chi connectivity index (χ3n) is 2.70. The van der Waals surface area contributed by atoms with E-state index >= 15 is 0 Å². The number of fused-ring (bicyclic) bond motifs is 1. The minimum atomic E-state index is -0.0481. The zero-order valence-corrected chi connectivity index (χ0v) is 12.4. The highest BCUT2D eigenvalue weighted by Crippen LogP contribution is 2.24.